The first kappa shape index (κ1) is 23.0. The molecule has 26 heavy (non-hydrogen) atoms. The van der Waals surface area contributed by atoms with Crippen molar-refractivity contribution >= 4 is 58.7 Å². The molecule has 0 bridgehead atoms. The lowest BCUT2D eigenvalue weighted by atomic mass is 10.3. The molecule has 0 radical (unpaired) electrons. The molecule has 3 rings (SSSR count). The summed E-state index contributed by atoms with van der Waals surface area (Å²) in [7, 11) is 0. The molecule has 1 amide bonds. The number of hydrogen-bond donors (Lipinski definition) is 1. The topological polar surface area (TPSA) is 88.2 Å². The van der Waals surface area contributed by atoms with Crippen LogP contribution in [-0.2, 0) is 12.8 Å². The molecule has 1 saturated heterocycles. The van der Waals surface area contributed by atoms with Crippen LogP contribution in [0.25, 0.3) is 0 Å². The van der Waals surface area contributed by atoms with Gasteiger partial charge in [-0.1, -0.05) is 6.92 Å². The number of carbonyl (C=O) groups is 1. The molecule has 0 unspecified atom stereocenters. The maximum atomic E-state index is 12.7. The van der Waals surface area contributed by atoms with E-state index in [1.54, 1.807) is 0 Å². The third-order valence-electron chi connectivity index (χ3n) is 3.96. The summed E-state index contributed by atoms with van der Waals surface area (Å²) in [6, 6.07) is 0. The number of nitrogens with two attached hydrogens (primary N) is 1. The molecule has 1 aliphatic heterocycles. The van der Waals surface area contributed by atoms with Crippen LogP contribution in [0.4, 0.5) is 5.13 Å². The second kappa shape index (κ2) is 11.0. The number of thiazole rings is 1. The molecule has 1 aliphatic rings. The number of aromatic nitrogens is 3. The minimum atomic E-state index is 0. The number of anilines is 1. The zero-order valence-corrected chi connectivity index (χ0v) is 17.9. The van der Waals surface area contributed by atoms with Crippen LogP contribution in [0.3, 0.4) is 0 Å². The Morgan fingerprint density at radius 1 is 1.23 bits per heavy atom. The van der Waals surface area contributed by atoms with Crippen molar-refractivity contribution in [3.05, 3.63) is 21.9 Å². The van der Waals surface area contributed by atoms with Gasteiger partial charge in [0, 0.05) is 55.9 Å². The Hall–Kier alpha value is -1.00. The summed E-state index contributed by atoms with van der Waals surface area (Å²) in [6.07, 6.45) is 2.50. The molecule has 0 saturated carbocycles. The van der Waals surface area contributed by atoms with E-state index in [1.165, 1.54) is 22.9 Å². The van der Waals surface area contributed by atoms with Gasteiger partial charge < -0.3 is 15.5 Å². The predicted octanol–water partition coefficient (Wildman–Crippen LogP) is 2.25. The van der Waals surface area contributed by atoms with Crippen LogP contribution in [0, 0.1) is 0 Å². The number of hydrogen-bond acceptors (Lipinski definition) is 8. The highest BCUT2D eigenvalue weighted by atomic mass is 35.5. The second-order valence-electron chi connectivity index (χ2n) is 5.64. The normalized spacial score (nSPS) is 14.4. The average molecular weight is 439 g/mol. The van der Waals surface area contributed by atoms with E-state index in [-0.39, 0.29) is 30.7 Å². The zero-order chi connectivity index (χ0) is 16.9. The molecule has 7 nitrogen and oxygen atoms in total. The van der Waals surface area contributed by atoms with Gasteiger partial charge in [-0.15, -0.1) is 36.2 Å². The molecule has 2 aromatic heterocycles. The number of halogens is 2. The van der Waals surface area contributed by atoms with E-state index in [0.717, 1.165) is 54.9 Å². The van der Waals surface area contributed by atoms with Gasteiger partial charge in [0.25, 0.3) is 5.91 Å². The van der Waals surface area contributed by atoms with E-state index in [0.29, 0.717) is 18.8 Å². The standard InChI is InChI=1S/C15H22N6OS2.2ClH/c1-2-12-18-15(24-19-12)21-7-3-6-20(8-9-21)14(22)11-10-23-13(17-11)4-5-16;;/h10H,2-9,16H2,1H3;2*1H. The lowest BCUT2D eigenvalue weighted by molar-refractivity contribution is 0.0761. The Kier molecular flexibility index (Phi) is 9.73. The van der Waals surface area contributed by atoms with Gasteiger partial charge in [-0.25, -0.2) is 9.97 Å². The first-order chi connectivity index (χ1) is 11.7. The van der Waals surface area contributed by atoms with Crippen LogP contribution in [0.5, 0.6) is 0 Å². The molecule has 0 spiro atoms. The second-order valence-corrected chi connectivity index (χ2v) is 7.32. The largest absolute Gasteiger partial charge is 0.345 e. The van der Waals surface area contributed by atoms with Crippen molar-refractivity contribution in [2.75, 3.05) is 37.6 Å². The Balaban J connectivity index is 0.00000169. The van der Waals surface area contributed by atoms with Gasteiger partial charge in [-0.2, -0.15) is 4.37 Å². The van der Waals surface area contributed by atoms with Crippen molar-refractivity contribution in [3.8, 4) is 0 Å². The minimum Gasteiger partial charge on any atom is -0.345 e. The van der Waals surface area contributed by atoms with Gasteiger partial charge in [0.15, 0.2) is 0 Å². The molecule has 3 heterocycles. The highest BCUT2D eigenvalue weighted by molar-refractivity contribution is 7.10. The summed E-state index contributed by atoms with van der Waals surface area (Å²) in [5.74, 6) is 0.907. The molecule has 0 aliphatic carbocycles. The van der Waals surface area contributed by atoms with Gasteiger partial charge in [0.1, 0.15) is 11.5 Å². The van der Waals surface area contributed by atoms with Gasteiger partial charge in [0.2, 0.25) is 5.13 Å². The third-order valence-corrected chi connectivity index (χ3v) is 5.68. The Labute approximate surface area is 174 Å². The first-order valence-electron chi connectivity index (χ1n) is 8.22. The molecule has 146 valence electrons. The SMILES string of the molecule is CCc1nsc(N2CCCN(C(=O)c3csc(CCN)n3)CC2)n1.Cl.Cl. The number of amides is 1. The van der Waals surface area contributed by atoms with Crippen molar-refractivity contribution in [1.82, 2.24) is 19.2 Å². The van der Waals surface area contributed by atoms with Gasteiger partial charge in [0.05, 0.1) is 5.01 Å². The molecular weight excluding hydrogens is 415 g/mol. The number of nitrogens with zero attached hydrogens (tertiary/aromatic N) is 5. The third kappa shape index (κ3) is 5.50. The van der Waals surface area contributed by atoms with Crippen LogP contribution in [0.2, 0.25) is 0 Å². The molecule has 0 aromatic carbocycles. The van der Waals surface area contributed by atoms with Crippen molar-refractivity contribution in [2.24, 2.45) is 5.73 Å². The summed E-state index contributed by atoms with van der Waals surface area (Å²) >= 11 is 2.95. The molecule has 0 atom stereocenters. The summed E-state index contributed by atoms with van der Waals surface area (Å²) in [5, 5.41) is 3.73. The van der Waals surface area contributed by atoms with Gasteiger partial charge >= 0.3 is 0 Å². The fourth-order valence-electron chi connectivity index (χ4n) is 2.64. The zero-order valence-electron chi connectivity index (χ0n) is 14.6. The predicted molar refractivity (Wildman–Crippen MR) is 111 cm³/mol. The molecular formula is C15H24Cl2N6OS2. The summed E-state index contributed by atoms with van der Waals surface area (Å²) in [4.78, 5) is 25.7. The quantitative estimate of drug-likeness (QED) is 0.769. The lowest BCUT2D eigenvalue weighted by Gasteiger charge is -2.20. The maximum Gasteiger partial charge on any atom is 0.273 e. The van der Waals surface area contributed by atoms with E-state index in [1.807, 2.05) is 10.3 Å². The van der Waals surface area contributed by atoms with Crippen LogP contribution in [-0.4, -0.2) is 57.9 Å². The van der Waals surface area contributed by atoms with E-state index >= 15 is 0 Å². The average Bonchev–Trinajstić information content (AvgIpc) is 3.19. The highest BCUT2D eigenvalue weighted by Crippen LogP contribution is 2.20. The maximum absolute atomic E-state index is 12.7. The van der Waals surface area contributed by atoms with E-state index < -0.39 is 0 Å². The van der Waals surface area contributed by atoms with Crippen molar-refractivity contribution < 1.29 is 4.79 Å². The lowest BCUT2D eigenvalue weighted by Crippen LogP contribution is -2.35. The fraction of sp³-hybridized carbons (Fsp3) is 0.600. The molecule has 1 fully saturated rings. The van der Waals surface area contributed by atoms with E-state index in [4.69, 9.17) is 5.73 Å². The number of rotatable bonds is 5. The number of aryl methyl sites for hydroxylation is 1. The fourth-order valence-corrected chi connectivity index (χ4v) is 4.23. The van der Waals surface area contributed by atoms with Crippen LogP contribution in [0.1, 0.15) is 34.7 Å². The summed E-state index contributed by atoms with van der Waals surface area (Å²) in [5.41, 5.74) is 6.09. The minimum absolute atomic E-state index is 0. The van der Waals surface area contributed by atoms with Crippen molar-refractivity contribution in [3.63, 3.8) is 0 Å². The first-order valence-corrected chi connectivity index (χ1v) is 9.87. The highest BCUT2D eigenvalue weighted by Gasteiger charge is 2.23. The monoisotopic (exact) mass is 438 g/mol. The van der Waals surface area contributed by atoms with Crippen LogP contribution >= 0.6 is 47.7 Å². The Morgan fingerprint density at radius 3 is 2.73 bits per heavy atom. The Bertz CT molecular complexity index is 695. The molecule has 11 heteroatoms. The van der Waals surface area contributed by atoms with Gasteiger partial charge in [-0.3, -0.25) is 4.79 Å². The Morgan fingerprint density at radius 2 is 2.04 bits per heavy atom. The van der Waals surface area contributed by atoms with Crippen LogP contribution in [0.15, 0.2) is 5.38 Å². The van der Waals surface area contributed by atoms with Crippen molar-refractivity contribution in [2.45, 2.75) is 26.2 Å². The number of carbonyl (C=O) groups excluding carboxylic acids is 1. The van der Waals surface area contributed by atoms with Crippen molar-refractivity contribution in [1.29, 1.82) is 0 Å². The van der Waals surface area contributed by atoms with Gasteiger partial charge in [-0.05, 0) is 13.0 Å². The molecule has 2 aromatic rings. The van der Waals surface area contributed by atoms with Crippen LogP contribution < -0.4 is 10.6 Å². The smallest absolute Gasteiger partial charge is 0.273 e. The van der Waals surface area contributed by atoms with E-state index in [2.05, 4.69) is 26.2 Å². The molecule has 2 N–H and O–H groups in total. The summed E-state index contributed by atoms with van der Waals surface area (Å²) < 4.78 is 4.35. The summed E-state index contributed by atoms with van der Waals surface area (Å²) in [6.45, 7) is 5.73. The van der Waals surface area contributed by atoms with E-state index in [9.17, 15) is 4.79 Å².